The zero-order chi connectivity index (χ0) is 12.2. The van der Waals surface area contributed by atoms with Gasteiger partial charge >= 0.3 is 0 Å². The third-order valence-corrected chi connectivity index (χ3v) is 3.96. The van der Waals surface area contributed by atoms with Crippen LogP contribution in [0.3, 0.4) is 0 Å². The second-order valence-electron chi connectivity index (χ2n) is 5.79. The summed E-state index contributed by atoms with van der Waals surface area (Å²) in [6.07, 6.45) is 1.19. The van der Waals surface area contributed by atoms with E-state index in [2.05, 4.69) is 49.9 Å². The Bertz CT molecular complexity index is 203. The van der Waals surface area contributed by atoms with Crippen LogP contribution in [0, 0.1) is 0 Å². The van der Waals surface area contributed by atoms with Crippen molar-refractivity contribution in [1.29, 1.82) is 0 Å². The number of nitrogens with one attached hydrogen (secondary N) is 1. The highest BCUT2D eigenvalue weighted by atomic mass is 15.3. The molecule has 0 bridgehead atoms. The summed E-state index contributed by atoms with van der Waals surface area (Å²) in [6.45, 7) is 15.0. The van der Waals surface area contributed by atoms with Gasteiger partial charge in [0.1, 0.15) is 0 Å². The normalized spacial score (nSPS) is 24.9. The smallest absolute Gasteiger partial charge is 0.0192 e. The van der Waals surface area contributed by atoms with Crippen LogP contribution in [0.25, 0.3) is 0 Å². The number of hydrogen-bond acceptors (Lipinski definition) is 3. The van der Waals surface area contributed by atoms with Crippen LogP contribution in [0.5, 0.6) is 0 Å². The van der Waals surface area contributed by atoms with Crippen molar-refractivity contribution in [1.82, 2.24) is 15.1 Å². The van der Waals surface area contributed by atoms with E-state index in [9.17, 15) is 0 Å². The molecule has 0 radical (unpaired) electrons. The minimum absolute atomic E-state index is 0.290. The summed E-state index contributed by atoms with van der Waals surface area (Å²) in [5, 5.41) is 3.63. The van der Waals surface area contributed by atoms with Gasteiger partial charge < -0.3 is 10.2 Å². The molecule has 0 spiro atoms. The molecule has 1 aliphatic rings. The molecular formula is C13H29N3. The number of likely N-dealkylation sites (N-methyl/N-ethyl adjacent to an activating group) is 1. The first-order valence-corrected chi connectivity index (χ1v) is 6.62. The van der Waals surface area contributed by atoms with E-state index in [1.165, 1.54) is 32.6 Å². The van der Waals surface area contributed by atoms with Crippen molar-refractivity contribution in [2.24, 2.45) is 0 Å². The number of hydrogen-bond donors (Lipinski definition) is 1. The first-order valence-electron chi connectivity index (χ1n) is 6.62. The van der Waals surface area contributed by atoms with Crippen molar-refractivity contribution in [3.05, 3.63) is 0 Å². The maximum Gasteiger partial charge on any atom is 0.0192 e. The molecule has 1 N–H and O–H groups in total. The number of piperazine rings is 1. The maximum absolute atomic E-state index is 3.63. The third-order valence-electron chi connectivity index (χ3n) is 3.96. The minimum atomic E-state index is 0.290. The van der Waals surface area contributed by atoms with Crippen LogP contribution >= 0.6 is 0 Å². The summed E-state index contributed by atoms with van der Waals surface area (Å²) in [5.41, 5.74) is 0.290. The Kier molecular flexibility index (Phi) is 5.22. The van der Waals surface area contributed by atoms with E-state index in [1.54, 1.807) is 0 Å². The molecule has 0 aromatic heterocycles. The highest BCUT2D eigenvalue weighted by molar-refractivity contribution is 4.79. The van der Waals surface area contributed by atoms with Gasteiger partial charge in [0.15, 0.2) is 0 Å². The predicted octanol–water partition coefficient (Wildman–Crippen LogP) is 1.40. The van der Waals surface area contributed by atoms with Gasteiger partial charge in [-0.2, -0.15) is 0 Å². The third kappa shape index (κ3) is 4.40. The fourth-order valence-corrected chi connectivity index (χ4v) is 2.00. The monoisotopic (exact) mass is 227 g/mol. The van der Waals surface area contributed by atoms with Crippen molar-refractivity contribution in [3.8, 4) is 0 Å². The molecule has 1 aliphatic heterocycles. The summed E-state index contributed by atoms with van der Waals surface area (Å²) in [7, 11) is 2.22. The Labute approximate surface area is 101 Å². The van der Waals surface area contributed by atoms with E-state index in [4.69, 9.17) is 0 Å². The lowest BCUT2D eigenvalue weighted by molar-refractivity contribution is 0.104. The minimum Gasteiger partial charge on any atom is -0.311 e. The van der Waals surface area contributed by atoms with Gasteiger partial charge in [-0.25, -0.2) is 0 Å². The van der Waals surface area contributed by atoms with Crippen molar-refractivity contribution in [2.75, 3.05) is 39.8 Å². The Morgan fingerprint density at radius 3 is 2.56 bits per heavy atom. The van der Waals surface area contributed by atoms with E-state index in [1.807, 2.05) is 0 Å². The van der Waals surface area contributed by atoms with Crippen molar-refractivity contribution < 1.29 is 0 Å². The molecule has 96 valence electrons. The Hall–Kier alpha value is -0.120. The van der Waals surface area contributed by atoms with Gasteiger partial charge in [0.2, 0.25) is 0 Å². The van der Waals surface area contributed by atoms with Crippen LogP contribution < -0.4 is 5.32 Å². The second-order valence-corrected chi connectivity index (χ2v) is 5.79. The van der Waals surface area contributed by atoms with Crippen LogP contribution in [0.4, 0.5) is 0 Å². The average Bonchev–Trinajstić information content (AvgIpc) is 2.23. The zero-order valence-electron chi connectivity index (χ0n) is 11.7. The van der Waals surface area contributed by atoms with Crippen LogP contribution in [-0.2, 0) is 0 Å². The molecule has 1 heterocycles. The molecule has 0 amide bonds. The summed E-state index contributed by atoms with van der Waals surface area (Å²) in [5.74, 6) is 0. The number of rotatable bonds is 5. The molecule has 3 nitrogen and oxygen atoms in total. The van der Waals surface area contributed by atoms with Gasteiger partial charge in [-0.15, -0.1) is 0 Å². The SMILES string of the molecule is CCC(C)(C)NCCN1CCN(C)C(C)C1. The lowest BCUT2D eigenvalue weighted by Crippen LogP contribution is -2.52. The average molecular weight is 227 g/mol. The zero-order valence-corrected chi connectivity index (χ0v) is 11.7. The second kappa shape index (κ2) is 5.99. The largest absolute Gasteiger partial charge is 0.311 e. The van der Waals surface area contributed by atoms with E-state index >= 15 is 0 Å². The molecule has 0 aromatic rings. The van der Waals surface area contributed by atoms with Crippen LogP contribution in [0.15, 0.2) is 0 Å². The van der Waals surface area contributed by atoms with E-state index < -0.39 is 0 Å². The first-order chi connectivity index (χ1) is 7.44. The Balaban J connectivity index is 2.19. The first kappa shape index (κ1) is 13.9. The summed E-state index contributed by atoms with van der Waals surface area (Å²) >= 11 is 0. The van der Waals surface area contributed by atoms with Crippen LogP contribution in [0.1, 0.15) is 34.1 Å². The van der Waals surface area contributed by atoms with Gasteiger partial charge in [0.05, 0.1) is 0 Å². The molecule has 0 aromatic carbocycles. The Morgan fingerprint density at radius 2 is 2.00 bits per heavy atom. The molecule has 1 fully saturated rings. The van der Waals surface area contributed by atoms with Gasteiger partial charge in [0.25, 0.3) is 0 Å². The number of nitrogens with zero attached hydrogens (tertiary/aromatic N) is 2. The lowest BCUT2D eigenvalue weighted by Gasteiger charge is -2.38. The molecule has 1 rings (SSSR count). The fourth-order valence-electron chi connectivity index (χ4n) is 2.00. The van der Waals surface area contributed by atoms with E-state index in [0.29, 0.717) is 6.04 Å². The highest BCUT2D eigenvalue weighted by Gasteiger charge is 2.20. The summed E-state index contributed by atoms with van der Waals surface area (Å²) in [6, 6.07) is 0.702. The van der Waals surface area contributed by atoms with E-state index in [-0.39, 0.29) is 5.54 Å². The summed E-state index contributed by atoms with van der Waals surface area (Å²) in [4.78, 5) is 5.02. The molecule has 0 saturated carbocycles. The van der Waals surface area contributed by atoms with Crippen molar-refractivity contribution >= 4 is 0 Å². The molecule has 0 aliphatic carbocycles. The Morgan fingerprint density at radius 1 is 1.31 bits per heavy atom. The standard InChI is InChI=1S/C13H29N3/c1-6-13(3,4)14-7-8-16-10-9-15(5)12(2)11-16/h12,14H,6-11H2,1-5H3. The van der Waals surface area contributed by atoms with Gasteiger partial charge in [-0.1, -0.05) is 6.92 Å². The maximum atomic E-state index is 3.63. The summed E-state index contributed by atoms with van der Waals surface area (Å²) < 4.78 is 0. The van der Waals surface area contributed by atoms with E-state index in [0.717, 1.165) is 6.54 Å². The molecular weight excluding hydrogens is 198 g/mol. The topological polar surface area (TPSA) is 18.5 Å². The van der Waals surface area contributed by atoms with Crippen molar-refractivity contribution in [3.63, 3.8) is 0 Å². The quantitative estimate of drug-likeness (QED) is 0.766. The molecule has 16 heavy (non-hydrogen) atoms. The highest BCUT2D eigenvalue weighted by Crippen LogP contribution is 2.08. The molecule has 1 saturated heterocycles. The van der Waals surface area contributed by atoms with Crippen LogP contribution in [0.2, 0.25) is 0 Å². The van der Waals surface area contributed by atoms with Crippen molar-refractivity contribution in [2.45, 2.75) is 45.7 Å². The van der Waals surface area contributed by atoms with Gasteiger partial charge in [-0.3, -0.25) is 4.90 Å². The lowest BCUT2D eigenvalue weighted by atomic mass is 10.0. The van der Waals surface area contributed by atoms with Gasteiger partial charge in [0, 0.05) is 44.3 Å². The van der Waals surface area contributed by atoms with Crippen LogP contribution in [-0.4, -0.2) is 61.2 Å². The predicted molar refractivity (Wildman–Crippen MR) is 70.9 cm³/mol. The van der Waals surface area contributed by atoms with Gasteiger partial charge in [-0.05, 0) is 34.2 Å². The molecule has 1 unspecified atom stereocenters. The molecule has 1 atom stereocenters. The molecule has 3 heteroatoms. The fraction of sp³-hybridized carbons (Fsp3) is 1.00.